The zero-order chi connectivity index (χ0) is 19.1. The van der Waals surface area contributed by atoms with Gasteiger partial charge in [0.25, 0.3) is 0 Å². The molecule has 0 unspecified atom stereocenters. The van der Waals surface area contributed by atoms with E-state index in [1.807, 2.05) is 12.3 Å². The molecule has 5 nitrogen and oxygen atoms in total. The van der Waals surface area contributed by atoms with Crippen LogP contribution in [0, 0.1) is 5.92 Å². The van der Waals surface area contributed by atoms with Crippen LogP contribution in [0.1, 0.15) is 30.0 Å². The first-order chi connectivity index (χ1) is 13.8. The highest BCUT2D eigenvalue weighted by Crippen LogP contribution is 2.47. The van der Waals surface area contributed by atoms with Crippen LogP contribution >= 0.6 is 0 Å². The Morgan fingerprint density at radius 3 is 2.43 bits per heavy atom. The number of piperidine rings is 3. The summed E-state index contributed by atoms with van der Waals surface area (Å²) in [6.45, 7) is 4.50. The number of pyridine rings is 1. The average Bonchev–Trinajstić information content (AvgIpc) is 3.16. The maximum atomic E-state index is 5.41. The van der Waals surface area contributed by atoms with Gasteiger partial charge in [0.05, 0.1) is 19.9 Å². The number of aromatic nitrogens is 1. The van der Waals surface area contributed by atoms with Gasteiger partial charge in [-0.15, -0.1) is 0 Å². The lowest BCUT2D eigenvalue weighted by molar-refractivity contribution is -0.00899. The van der Waals surface area contributed by atoms with Gasteiger partial charge in [-0.05, 0) is 55.6 Å². The molecule has 1 aromatic carbocycles. The third-order valence-electron chi connectivity index (χ3n) is 7.03. The summed E-state index contributed by atoms with van der Waals surface area (Å²) in [7, 11) is 3.45. The molecule has 0 saturated carbocycles. The number of fused-ring (bicyclic) bond motifs is 2. The molecular formula is C23H29N3O2. The fourth-order valence-electron chi connectivity index (χ4n) is 5.74. The Bertz CT molecular complexity index is 817. The molecule has 4 aliphatic rings. The van der Waals surface area contributed by atoms with Crippen molar-refractivity contribution in [1.82, 2.24) is 14.8 Å². The quantitative estimate of drug-likeness (QED) is 0.798. The van der Waals surface area contributed by atoms with E-state index in [2.05, 4.69) is 45.1 Å². The Hall–Kier alpha value is -2.11. The summed E-state index contributed by atoms with van der Waals surface area (Å²) in [6, 6.07) is 14.0. The third-order valence-corrected chi connectivity index (χ3v) is 7.03. The van der Waals surface area contributed by atoms with Gasteiger partial charge in [0, 0.05) is 43.4 Å². The van der Waals surface area contributed by atoms with E-state index in [9.17, 15) is 0 Å². The minimum Gasteiger partial charge on any atom is -0.497 e. The number of hydrogen-bond donors (Lipinski definition) is 0. The fraction of sp³-hybridized carbons (Fsp3) is 0.522. The molecule has 0 amide bonds. The molecule has 1 aromatic heterocycles. The molecule has 5 heterocycles. The first-order valence-corrected chi connectivity index (χ1v) is 10.4. The highest BCUT2D eigenvalue weighted by Gasteiger charge is 2.53. The standard InChI is InChI=1S/C23H29N3O2/c1-27-19-5-3-16(4-6-19)21-15-26(14-18-13-20(28-2)7-10-24-18)22-17-8-11-25(12-9-17)23(21)22/h3-7,10,13,17,21-23H,8-9,11-12,14-15H2,1-2H3/t21-,22+,23+/m1/s1. The monoisotopic (exact) mass is 379 g/mol. The van der Waals surface area contributed by atoms with E-state index in [-0.39, 0.29) is 0 Å². The average molecular weight is 380 g/mol. The second kappa shape index (κ2) is 7.37. The Balaban J connectivity index is 1.44. The predicted molar refractivity (Wildman–Crippen MR) is 109 cm³/mol. The van der Waals surface area contributed by atoms with Gasteiger partial charge in [0.15, 0.2) is 0 Å². The number of hydrogen-bond acceptors (Lipinski definition) is 5. The van der Waals surface area contributed by atoms with Crippen LogP contribution in [0.4, 0.5) is 0 Å². The topological polar surface area (TPSA) is 37.8 Å². The van der Waals surface area contributed by atoms with Gasteiger partial charge in [0.1, 0.15) is 11.5 Å². The number of ether oxygens (including phenoxy) is 2. The molecule has 0 radical (unpaired) electrons. The van der Waals surface area contributed by atoms with E-state index in [1.165, 1.54) is 31.5 Å². The summed E-state index contributed by atoms with van der Waals surface area (Å²) in [5, 5.41) is 0. The second-order valence-corrected chi connectivity index (χ2v) is 8.35. The second-order valence-electron chi connectivity index (χ2n) is 8.35. The zero-order valence-electron chi connectivity index (χ0n) is 16.8. The predicted octanol–water partition coefficient (Wildman–Crippen LogP) is 3.16. The minimum absolute atomic E-state index is 0.546. The summed E-state index contributed by atoms with van der Waals surface area (Å²) in [6.07, 6.45) is 4.52. The molecule has 2 aromatic rings. The van der Waals surface area contributed by atoms with Crippen LogP contribution in [0.15, 0.2) is 42.6 Å². The molecule has 4 aliphatic heterocycles. The Labute approximate surface area is 167 Å². The minimum atomic E-state index is 0.546. The molecule has 2 bridgehead atoms. The van der Waals surface area contributed by atoms with Crippen LogP contribution in [0.3, 0.4) is 0 Å². The van der Waals surface area contributed by atoms with Crippen molar-refractivity contribution in [3.8, 4) is 11.5 Å². The molecular weight excluding hydrogens is 350 g/mol. The van der Waals surface area contributed by atoms with Gasteiger partial charge in [0.2, 0.25) is 0 Å². The number of benzene rings is 1. The lowest BCUT2D eigenvalue weighted by Gasteiger charge is -2.51. The van der Waals surface area contributed by atoms with Gasteiger partial charge in [-0.3, -0.25) is 14.8 Å². The van der Waals surface area contributed by atoms with Gasteiger partial charge in [-0.2, -0.15) is 0 Å². The molecule has 0 spiro atoms. The van der Waals surface area contributed by atoms with E-state index in [1.54, 1.807) is 14.2 Å². The van der Waals surface area contributed by atoms with Crippen LogP contribution in [-0.2, 0) is 6.54 Å². The Kier molecular flexibility index (Phi) is 4.73. The van der Waals surface area contributed by atoms with Crippen molar-refractivity contribution < 1.29 is 9.47 Å². The molecule has 4 fully saturated rings. The van der Waals surface area contributed by atoms with Crippen molar-refractivity contribution in [3.05, 3.63) is 53.9 Å². The van der Waals surface area contributed by atoms with E-state index in [0.29, 0.717) is 18.0 Å². The molecule has 28 heavy (non-hydrogen) atoms. The molecule has 6 rings (SSSR count). The maximum Gasteiger partial charge on any atom is 0.122 e. The van der Waals surface area contributed by atoms with Crippen molar-refractivity contribution in [2.75, 3.05) is 33.9 Å². The van der Waals surface area contributed by atoms with Gasteiger partial charge >= 0.3 is 0 Å². The zero-order valence-corrected chi connectivity index (χ0v) is 16.8. The maximum absolute atomic E-state index is 5.41. The summed E-state index contributed by atoms with van der Waals surface area (Å²) in [5.41, 5.74) is 2.54. The van der Waals surface area contributed by atoms with Crippen molar-refractivity contribution >= 4 is 0 Å². The van der Waals surface area contributed by atoms with Gasteiger partial charge < -0.3 is 9.47 Å². The van der Waals surface area contributed by atoms with Crippen LogP contribution in [-0.4, -0.2) is 60.7 Å². The first-order valence-electron chi connectivity index (χ1n) is 10.4. The number of likely N-dealkylation sites (tertiary alicyclic amines) is 1. The van der Waals surface area contributed by atoms with Gasteiger partial charge in [-0.1, -0.05) is 12.1 Å². The van der Waals surface area contributed by atoms with Crippen molar-refractivity contribution in [3.63, 3.8) is 0 Å². The number of rotatable bonds is 5. The summed E-state index contributed by atoms with van der Waals surface area (Å²) >= 11 is 0. The number of nitrogens with zero attached hydrogens (tertiary/aromatic N) is 3. The van der Waals surface area contributed by atoms with Crippen molar-refractivity contribution in [1.29, 1.82) is 0 Å². The lowest BCUT2D eigenvalue weighted by Crippen LogP contribution is -2.60. The number of methoxy groups -OCH3 is 2. The fourth-order valence-corrected chi connectivity index (χ4v) is 5.74. The molecule has 3 atom stereocenters. The highest BCUT2D eigenvalue weighted by atomic mass is 16.5. The molecule has 0 N–H and O–H groups in total. The smallest absolute Gasteiger partial charge is 0.122 e. The van der Waals surface area contributed by atoms with Crippen LogP contribution in [0.5, 0.6) is 11.5 Å². The SMILES string of the molecule is COc1ccc([C@H]2CN(Cc3cc(OC)ccn3)[C@H]3C4CCN(CC4)[C@@H]23)cc1. The van der Waals surface area contributed by atoms with Crippen molar-refractivity contribution in [2.45, 2.75) is 37.4 Å². The van der Waals surface area contributed by atoms with E-state index in [0.717, 1.165) is 36.2 Å². The first kappa shape index (κ1) is 18.0. The molecule has 148 valence electrons. The van der Waals surface area contributed by atoms with E-state index < -0.39 is 0 Å². The van der Waals surface area contributed by atoms with Crippen molar-refractivity contribution in [2.24, 2.45) is 5.92 Å². The Morgan fingerprint density at radius 1 is 0.964 bits per heavy atom. The van der Waals surface area contributed by atoms with E-state index in [4.69, 9.17) is 9.47 Å². The lowest BCUT2D eigenvalue weighted by atomic mass is 9.75. The molecule has 5 heteroatoms. The van der Waals surface area contributed by atoms with Crippen LogP contribution in [0.2, 0.25) is 0 Å². The normalized spacial score (nSPS) is 31.6. The molecule has 4 saturated heterocycles. The summed E-state index contributed by atoms with van der Waals surface area (Å²) in [4.78, 5) is 10.1. The summed E-state index contributed by atoms with van der Waals surface area (Å²) < 4.78 is 10.8. The van der Waals surface area contributed by atoms with E-state index >= 15 is 0 Å². The largest absolute Gasteiger partial charge is 0.497 e. The third kappa shape index (κ3) is 3.07. The summed E-state index contributed by atoms with van der Waals surface area (Å²) in [5.74, 6) is 3.18. The Morgan fingerprint density at radius 2 is 1.71 bits per heavy atom. The highest BCUT2D eigenvalue weighted by molar-refractivity contribution is 5.33. The molecule has 0 aliphatic carbocycles. The van der Waals surface area contributed by atoms with Crippen LogP contribution in [0.25, 0.3) is 0 Å². The van der Waals surface area contributed by atoms with Crippen LogP contribution < -0.4 is 9.47 Å². The van der Waals surface area contributed by atoms with Gasteiger partial charge in [-0.25, -0.2) is 0 Å².